The standard InChI is InChI=1S/C17H19N3O3S.C5H12O4/c1-10-8-18-15(11(2)16(10)23-4)9-24(21)17-19-13-6-5-12(22-3)7-14(13)20-17;6-1-5(2-7,3-8)4-9/h5-8H,9H2,1-4H3,(H,19,20);6-9H,1-4H2. The van der Waals surface area contributed by atoms with Crippen LogP contribution in [0.15, 0.2) is 29.6 Å². The van der Waals surface area contributed by atoms with Gasteiger partial charge in [0.2, 0.25) is 0 Å². The Labute approximate surface area is 195 Å². The summed E-state index contributed by atoms with van der Waals surface area (Å²) in [6.07, 6.45) is 1.74. The molecule has 0 saturated carbocycles. The van der Waals surface area contributed by atoms with E-state index < -0.39 is 43.0 Å². The molecule has 5 N–H and O–H groups in total. The molecule has 3 aromatic rings. The summed E-state index contributed by atoms with van der Waals surface area (Å²) in [6.45, 7) is 2.24. The Hall–Kier alpha value is -2.41. The van der Waals surface area contributed by atoms with Crippen molar-refractivity contribution in [3.05, 3.63) is 41.2 Å². The van der Waals surface area contributed by atoms with Gasteiger partial charge in [-0.3, -0.25) is 9.97 Å². The number of aliphatic hydroxyl groups is 4. The first kappa shape index (κ1) is 26.8. The van der Waals surface area contributed by atoms with Gasteiger partial charge in [0.15, 0.2) is 5.75 Å². The van der Waals surface area contributed by atoms with Crippen LogP contribution in [-0.4, -0.2) is 80.6 Å². The Morgan fingerprint density at radius 1 is 1.03 bits per heavy atom. The fourth-order valence-corrected chi connectivity index (χ4v) is 4.01. The van der Waals surface area contributed by atoms with Crippen LogP contribution in [-0.2, 0) is 16.9 Å². The summed E-state index contributed by atoms with van der Waals surface area (Å²) in [4.78, 5) is 11.9. The van der Waals surface area contributed by atoms with Crippen LogP contribution in [0.2, 0.25) is 0 Å². The molecule has 0 spiro atoms. The molecule has 11 heteroatoms. The molecule has 1 unspecified atom stereocenters. The number of nitrogens with zero attached hydrogens (tertiary/aromatic N) is 2. The second kappa shape index (κ2) is 12.2. The molecule has 33 heavy (non-hydrogen) atoms. The van der Waals surface area contributed by atoms with E-state index in [1.165, 1.54) is 0 Å². The average molecular weight is 482 g/mol. The predicted molar refractivity (Wildman–Crippen MR) is 124 cm³/mol. The minimum Gasteiger partial charge on any atom is -0.609 e. The van der Waals surface area contributed by atoms with Crippen LogP contribution < -0.4 is 9.47 Å². The van der Waals surface area contributed by atoms with Crippen molar-refractivity contribution in [1.29, 1.82) is 0 Å². The first-order valence-electron chi connectivity index (χ1n) is 10.1. The minimum absolute atomic E-state index is 0.277. The van der Waals surface area contributed by atoms with Gasteiger partial charge in [-0.05, 0) is 26.0 Å². The summed E-state index contributed by atoms with van der Waals surface area (Å²) in [5.74, 6) is 1.78. The van der Waals surface area contributed by atoms with E-state index in [0.29, 0.717) is 10.9 Å². The Bertz CT molecular complexity index is 1020. The molecule has 1 atom stereocenters. The lowest BCUT2D eigenvalue weighted by Crippen LogP contribution is -2.37. The minimum atomic E-state index is -1.33. The van der Waals surface area contributed by atoms with E-state index in [4.69, 9.17) is 29.9 Å². The number of methoxy groups -OCH3 is 2. The zero-order chi connectivity index (χ0) is 24.6. The van der Waals surface area contributed by atoms with Gasteiger partial charge in [0.05, 0.1) is 62.8 Å². The quantitative estimate of drug-likeness (QED) is 0.279. The average Bonchev–Trinajstić information content (AvgIpc) is 3.27. The predicted octanol–water partition coefficient (Wildman–Crippen LogP) is 0.842. The SMILES string of the molecule is COc1ccc2[nH]c([S+]([O-])Cc3ncc(C)c(OC)c3C)nc2c1.OCC(CO)(CO)CO. The number of pyridine rings is 1. The first-order valence-corrected chi connectivity index (χ1v) is 11.4. The van der Waals surface area contributed by atoms with Gasteiger partial charge in [-0.2, -0.15) is 4.98 Å². The molecule has 0 aliphatic carbocycles. The van der Waals surface area contributed by atoms with Gasteiger partial charge in [-0.25, -0.2) is 0 Å². The number of imidazole rings is 1. The van der Waals surface area contributed by atoms with Crippen LogP contribution in [0.1, 0.15) is 16.8 Å². The summed E-state index contributed by atoms with van der Waals surface area (Å²) in [6, 6.07) is 5.51. The van der Waals surface area contributed by atoms with Crippen LogP contribution >= 0.6 is 0 Å². The molecule has 0 amide bonds. The van der Waals surface area contributed by atoms with E-state index in [2.05, 4.69) is 15.0 Å². The van der Waals surface area contributed by atoms with Crippen molar-refractivity contribution in [2.45, 2.75) is 24.8 Å². The lowest BCUT2D eigenvalue weighted by molar-refractivity contribution is -0.0328. The molecular weight excluding hydrogens is 450 g/mol. The van der Waals surface area contributed by atoms with Gasteiger partial charge in [0.1, 0.15) is 11.5 Å². The van der Waals surface area contributed by atoms with Crippen LogP contribution in [0.3, 0.4) is 0 Å². The van der Waals surface area contributed by atoms with Gasteiger partial charge in [0, 0.05) is 34.6 Å². The molecule has 0 fully saturated rings. The lowest BCUT2D eigenvalue weighted by atomic mass is 9.93. The highest BCUT2D eigenvalue weighted by Gasteiger charge is 2.26. The zero-order valence-electron chi connectivity index (χ0n) is 19.2. The lowest BCUT2D eigenvalue weighted by Gasteiger charge is -2.23. The van der Waals surface area contributed by atoms with E-state index in [0.717, 1.165) is 33.6 Å². The van der Waals surface area contributed by atoms with Gasteiger partial charge in [0.25, 0.3) is 0 Å². The van der Waals surface area contributed by atoms with E-state index in [9.17, 15) is 4.55 Å². The van der Waals surface area contributed by atoms with Crippen molar-refractivity contribution in [2.24, 2.45) is 5.41 Å². The highest BCUT2D eigenvalue weighted by molar-refractivity contribution is 7.90. The third kappa shape index (κ3) is 6.34. The molecule has 182 valence electrons. The number of aromatic nitrogens is 3. The molecule has 2 heterocycles. The largest absolute Gasteiger partial charge is 0.609 e. The van der Waals surface area contributed by atoms with Crippen molar-refractivity contribution in [3.63, 3.8) is 0 Å². The van der Waals surface area contributed by atoms with Gasteiger partial charge in [-0.1, -0.05) is 0 Å². The third-order valence-electron chi connectivity index (χ3n) is 5.24. The molecular formula is C22H31N3O7S. The monoisotopic (exact) mass is 481 g/mol. The van der Waals surface area contributed by atoms with Crippen LogP contribution in [0.5, 0.6) is 11.5 Å². The summed E-state index contributed by atoms with van der Waals surface area (Å²) >= 11 is -1.33. The maximum absolute atomic E-state index is 12.7. The topological polar surface area (TPSA) is 164 Å². The number of benzene rings is 1. The number of hydrogen-bond donors (Lipinski definition) is 5. The number of aromatic amines is 1. The van der Waals surface area contributed by atoms with Crippen LogP contribution in [0.25, 0.3) is 11.0 Å². The van der Waals surface area contributed by atoms with Crippen LogP contribution in [0, 0.1) is 19.3 Å². The Balaban J connectivity index is 0.000000365. The molecule has 0 bridgehead atoms. The molecule has 0 aliphatic heterocycles. The van der Waals surface area contributed by atoms with Crippen molar-refractivity contribution < 1.29 is 34.5 Å². The third-order valence-corrected chi connectivity index (χ3v) is 6.40. The molecule has 0 aliphatic rings. The van der Waals surface area contributed by atoms with Gasteiger partial charge >= 0.3 is 5.16 Å². The molecule has 3 rings (SSSR count). The van der Waals surface area contributed by atoms with E-state index in [1.54, 1.807) is 20.4 Å². The molecule has 10 nitrogen and oxygen atoms in total. The number of hydrogen-bond acceptors (Lipinski definition) is 9. The van der Waals surface area contributed by atoms with E-state index in [1.807, 2.05) is 32.0 Å². The second-order valence-corrected chi connectivity index (χ2v) is 8.96. The van der Waals surface area contributed by atoms with Gasteiger partial charge in [-0.15, -0.1) is 0 Å². The van der Waals surface area contributed by atoms with Crippen LogP contribution in [0.4, 0.5) is 0 Å². The number of fused-ring (bicyclic) bond motifs is 1. The summed E-state index contributed by atoms with van der Waals surface area (Å²) in [7, 11) is 3.23. The Kier molecular flexibility index (Phi) is 9.89. The highest BCUT2D eigenvalue weighted by Crippen LogP contribution is 2.27. The van der Waals surface area contributed by atoms with Crippen molar-refractivity contribution in [2.75, 3.05) is 40.6 Å². The van der Waals surface area contributed by atoms with Crippen molar-refractivity contribution >= 4 is 22.2 Å². The smallest absolute Gasteiger partial charge is 0.322 e. The zero-order valence-corrected chi connectivity index (χ0v) is 20.0. The van der Waals surface area contributed by atoms with Gasteiger partial charge < -0.3 is 34.5 Å². The van der Waals surface area contributed by atoms with Crippen molar-refractivity contribution in [1.82, 2.24) is 15.0 Å². The summed E-state index contributed by atoms with van der Waals surface area (Å²) < 4.78 is 23.3. The van der Waals surface area contributed by atoms with E-state index in [-0.39, 0.29) is 5.75 Å². The fraction of sp³-hybridized carbons (Fsp3) is 0.455. The number of ether oxygens (including phenoxy) is 2. The van der Waals surface area contributed by atoms with E-state index >= 15 is 0 Å². The number of nitrogens with one attached hydrogen (secondary N) is 1. The second-order valence-electron chi connectivity index (χ2n) is 7.59. The Morgan fingerprint density at radius 3 is 2.18 bits per heavy atom. The summed E-state index contributed by atoms with van der Waals surface area (Å²) in [5.41, 5.74) is 3.05. The fourth-order valence-electron chi connectivity index (χ4n) is 2.91. The normalized spacial score (nSPS) is 12.3. The van der Waals surface area contributed by atoms with Crippen molar-refractivity contribution in [3.8, 4) is 11.5 Å². The first-order chi connectivity index (χ1) is 15.8. The highest BCUT2D eigenvalue weighted by atomic mass is 32.2. The molecule has 0 radical (unpaired) electrons. The molecule has 0 saturated heterocycles. The number of aliphatic hydroxyl groups excluding tert-OH is 4. The molecule has 1 aromatic carbocycles. The Morgan fingerprint density at radius 2 is 1.67 bits per heavy atom. The number of aryl methyl sites for hydroxylation is 1. The number of rotatable bonds is 9. The summed E-state index contributed by atoms with van der Waals surface area (Å²) in [5, 5.41) is 34.4. The number of H-pyrrole nitrogens is 1. The maximum atomic E-state index is 12.7. The molecule has 2 aromatic heterocycles. The maximum Gasteiger partial charge on any atom is 0.322 e.